The first-order valence-electron chi connectivity index (χ1n) is 6.92. The minimum Gasteiger partial charge on any atom is -0.330 e. The quantitative estimate of drug-likeness (QED) is 0.782. The van der Waals surface area contributed by atoms with Gasteiger partial charge in [0.2, 0.25) is 0 Å². The standard InChI is InChI=1S/C13H27N3/c1-3-11(6-8-14)16-9-7-12-4-5-13(10-16)15(12)2/h11-13H,3-10,14H2,1-2H3. The molecule has 2 aliphatic rings. The van der Waals surface area contributed by atoms with Crippen molar-refractivity contribution in [3.8, 4) is 0 Å². The molecule has 2 bridgehead atoms. The average molecular weight is 225 g/mol. The molecular formula is C13H27N3. The molecule has 94 valence electrons. The van der Waals surface area contributed by atoms with Gasteiger partial charge in [0, 0.05) is 24.7 Å². The smallest absolute Gasteiger partial charge is 0.0223 e. The largest absolute Gasteiger partial charge is 0.330 e. The molecule has 2 fully saturated rings. The third kappa shape index (κ3) is 2.41. The van der Waals surface area contributed by atoms with Crippen molar-refractivity contribution in [3.63, 3.8) is 0 Å². The molecule has 0 aromatic heterocycles. The zero-order valence-electron chi connectivity index (χ0n) is 10.9. The summed E-state index contributed by atoms with van der Waals surface area (Å²) < 4.78 is 0. The van der Waals surface area contributed by atoms with E-state index in [2.05, 4.69) is 23.8 Å². The first-order chi connectivity index (χ1) is 7.76. The zero-order valence-corrected chi connectivity index (χ0v) is 10.9. The van der Waals surface area contributed by atoms with Crippen LogP contribution in [0.25, 0.3) is 0 Å². The number of hydrogen-bond donors (Lipinski definition) is 1. The van der Waals surface area contributed by atoms with Crippen LogP contribution >= 0.6 is 0 Å². The van der Waals surface area contributed by atoms with E-state index in [4.69, 9.17) is 5.73 Å². The van der Waals surface area contributed by atoms with Crippen molar-refractivity contribution in [1.29, 1.82) is 0 Å². The van der Waals surface area contributed by atoms with Gasteiger partial charge in [-0.25, -0.2) is 0 Å². The van der Waals surface area contributed by atoms with Crippen molar-refractivity contribution >= 4 is 0 Å². The molecule has 16 heavy (non-hydrogen) atoms. The van der Waals surface area contributed by atoms with Crippen LogP contribution in [0.5, 0.6) is 0 Å². The average Bonchev–Trinajstić information content (AvgIpc) is 2.51. The van der Waals surface area contributed by atoms with Crippen molar-refractivity contribution in [2.75, 3.05) is 26.7 Å². The van der Waals surface area contributed by atoms with Crippen LogP contribution in [0, 0.1) is 0 Å². The van der Waals surface area contributed by atoms with E-state index in [1.54, 1.807) is 0 Å². The number of hydrogen-bond acceptors (Lipinski definition) is 3. The highest BCUT2D eigenvalue weighted by Crippen LogP contribution is 2.29. The van der Waals surface area contributed by atoms with Gasteiger partial charge in [-0.1, -0.05) is 6.92 Å². The molecule has 3 heteroatoms. The van der Waals surface area contributed by atoms with Crippen LogP contribution in [-0.2, 0) is 0 Å². The van der Waals surface area contributed by atoms with Crippen LogP contribution in [0.4, 0.5) is 0 Å². The molecule has 0 aliphatic carbocycles. The molecule has 2 rings (SSSR count). The Balaban J connectivity index is 1.96. The summed E-state index contributed by atoms with van der Waals surface area (Å²) >= 11 is 0. The predicted molar refractivity (Wildman–Crippen MR) is 68.5 cm³/mol. The minimum atomic E-state index is 0.720. The van der Waals surface area contributed by atoms with Crippen LogP contribution in [0.15, 0.2) is 0 Å². The van der Waals surface area contributed by atoms with Crippen molar-refractivity contribution in [2.45, 2.75) is 57.2 Å². The van der Waals surface area contributed by atoms with E-state index < -0.39 is 0 Å². The fourth-order valence-corrected chi connectivity index (χ4v) is 3.50. The maximum absolute atomic E-state index is 5.72. The molecule has 0 saturated carbocycles. The predicted octanol–water partition coefficient (Wildman–Crippen LogP) is 1.28. The van der Waals surface area contributed by atoms with Gasteiger partial charge >= 0.3 is 0 Å². The second kappa shape index (κ2) is 5.48. The summed E-state index contributed by atoms with van der Waals surface area (Å²) in [5.74, 6) is 0. The fourth-order valence-electron chi connectivity index (χ4n) is 3.50. The third-order valence-corrected chi connectivity index (χ3v) is 4.67. The van der Waals surface area contributed by atoms with Gasteiger partial charge in [0.1, 0.15) is 0 Å². The summed E-state index contributed by atoms with van der Waals surface area (Å²) in [6.45, 7) is 5.68. The molecule has 2 saturated heterocycles. The van der Waals surface area contributed by atoms with E-state index in [0.717, 1.165) is 31.1 Å². The van der Waals surface area contributed by atoms with Crippen LogP contribution in [0.3, 0.4) is 0 Å². The van der Waals surface area contributed by atoms with Gasteiger partial charge in [-0.2, -0.15) is 0 Å². The normalized spacial score (nSPS) is 33.9. The van der Waals surface area contributed by atoms with E-state index in [9.17, 15) is 0 Å². The first-order valence-corrected chi connectivity index (χ1v) is 6.92. The summed E-state index contributed by atoms with van der Waals surface area (Å²) in [6, 6.07) is 2.38. The number of nitrogens with zero attached hydrogens (tertiary/aromatic N) is 2. The monoisotopic (exact) mass is 225 g/mol. The highest BCUT2D eigenvalue weighted by molar-refractivity contribution is 4.92. The third-order valence-electron chi connectivity index (χ3n) is 4.67. The summed E-state index contributed by atoms with van der Waals surface area (Å²) in [5, 5.41) is 0. The number of nitrogens with two attached hydrogens (primary N) is 1. The van der Waals surface area contributed by atoms with Gasteiger partial charge in [0.05, 0.1) is 0 Å². The van der Waals surface area contributed by atoms with Crippen molar-refractivity contribution in [2.24, 2.45) is 5.73 Å². The van der Waals surface area contributed by atoms with Gasteiger partial charge in [-0.15, -0.1) is 0 Å². The van der Waals surface area contributed by atoms with E-state index >= 15 is 0 Å². The van der Waals surface area contributed by atoms with Gasteiger partial charge in [-0.3, -0.25) is 9.80 Å². The molecule has 0 spiro atoms. The first kappa shape index (κ1) is 12.3. The molecule has 2 heterocycles. The van der Waals surface area contributed by atoms with Crippen LogP contribution in [-0.4, -0.2) is 54.6 Å². The molecule has 0 radical (unpaired) electrons. The zero-order chi connectivity index (χ0) is 11.5. The van der Waals surface area contributed by atoms with E-state index in [1.165, 1.54) is 38.8 Å². The van der Waals surface area contributed by atoms with E-state index in [-0.39, 0.29) is 0 Å². The topological polar surface area (TPSA) is 32.5 Å². The summed E-state index contributed by atoms with van der Waals surface area (Å²) in [5.41, 5.74) is 5.72. The molecule has 0 amide bonds. The Labute approximate surface area is 100.0 Å². The highest BCUT2D eigenvalue weighted by atomic mass is 15.3. The van der Waals surface area contributed by atoms with Crippen LogP contribution < -0.4 is 5.73 Å². The molecule has 3 nitrogen and oxygen atoms in total. The van der Waals surface area contributed by atoms with Crippen molar-refractivity contribution in [1.82, 2.24) is 9.80 Å². The molecule has 3 atom stereocenters. The lowest BCUT2D eigenvalue weighted by Gasteiger charge is -2.32. The Morgan fingerprint density at radius 2 is 2.00 bits per heavy atom. The fraction of sp³-hybridized carbons (Fsp3) is 1.00. The van der Waals surface area contributed by atoms with Crippen molar-refractivity contribution in [3.05, 3.63) is 0 Å². The Morgan fingerprint density at radius 1 is 1.25 bits per heavy atom. The maximum atomic E-state index is 5.72. The Hall–Kier alpha value is -0.120. The molecule has 3 unspecified atom stereocenters. The number of likely N-dealkylation sites (N-methyl/N-ethyl adjacent to an activating group) is 1. The molecular weight excluding hydrogens is 198 g/mol. The van der Waals surface area contributed by atoms with E-state index in [1.807, 2.05) is 0 Å². The summed E-state index contributed by atoms with van der Waals surface area (Å²) in [4.78, 5) is 5.32. The molecule has 0 aromatic rings. The maximum Gasteiger partial charge on any atom is 0.0223 e. The molecule has 2 N–H and O–H groups in total. The van der Waals surface area contributed by atoms with Gasteiger partial charge in [-0.05, 0) is 52.2 Å². The van der Waals surface area contributed by atoms with Gasteiger partial charge < -0.3 is 5.73 Å². The van der Waals surface area contributed by atoms with Gasteiger partial charge in [0.15, 0.2) is 0 Å². The second-order valence-corrected chi connectivity index (χ2v) is 5.47. The second-order valence-electron chi connectivity index (χ2n) is 5.47. The van der Waals surface area contributed by atoms with Crippen molar-refractivity contribution < 1.29 is 0 Å². The highest BCUT2D eigenvalue weighted by Gasteiger charge is 2.35. The lowest BCUT2D eigenvalue weighted by molar-refractivity contribution is 0.161. The Morgan fingerprint density at radius 3 is 2.69 bits per heavy atom. The molecule has 2 aliphatic heterocycles. The number of fused-ring (bicyclic) bond motifs is 2. The lowest BCUT2D eigenvalue weighted by Crippen LogP contribution is -2.42. The van der Waals surface area contributed by atoms with Crippen LogP contribution in [0.1, 0.15) is 39.0 Å². The lowest BCUT2D eigenvalue weighted by atomic mass is 10.0. The van der Waals surface area contributed by atoms with E-state index in [0.29, 0.717) is 0 Å². The Bertz CT molecular complexity index is 219. The minimum absolute atomic E-state index is 0.720. The van der Waals surface area contributed by atoms with Gasteiger partial charge in [0.25, 0.3) is 0 Å². The number of likely N-dealkylation sites (tertiary alicyclic amines) is 1. The number of rotatable bonds is 4. The summed E-state index contributed by atoms with van der Waals surface area (Å²) in [6.07, 6.45) is 6.59. The summed E-state index contributed by atoms with van der Waals surface area (Å²) in [7, 11) is 2.32. The Kier molecular flexibility index (Phi) is 4.22. The van der Waals surface area contributed by atoms with Crippen LogP contribution in [0.2, 0.25) is 0 Å². The SMILES string of the molecule is CCC(CCN)N1CCC2CCC(C1)N2C. The molecule has 0 aromatic carbocycles.